The summed E-state index contributed by atoms with van der Waals surface area (Å²) in [5.41, 5.74) is 1.02. The van der Waals surface area contributed by atoms with Crippen molar-refractivity contribution in [3.8, 4) is 0 Å². The highest BCUT2D eigenvalue weighted by Crippen LogP contribution is 2.37. The van der Waals surface area contributed by atoms with E-state index in [0.717, 1.165) is 12.1 Å². The fraction of sp³-hybridized carbons (Fsp3) is 0.526. The molecule has 6 heteroatoms. The molecule has 2 bridgehead atoms. The Hall–Kier alpha value is -2.37. The first-order valence-corrected chi connectivity index (χ1v) is 8.91. The molecule has 0 aromatic carbocycles. The number of hydrogen-bond donors (Lipinski definition) is 1. The van der Waals surface area contributed by atoms with Gasteiger partial charge in [-0.3, -0.25) is 14.4 Å². The van der Waals surface area contributed by atoms with Gasteiger partial charge in [-0.2, -0.15) is 0 Å². The van der Waals surface area contributed by atoms with Crippen LogP contribution in [-0.4, -0.2) is 39.5 Å². The molecule has 1 amide bonds. The van der Waals surface area contributed by atoms with Crippen LogP contribution in [0.3, 0.4) is 0 Å². The van der Waals surface area contributed by atoms with E-state index in [-0.39, 0.29) is 23.3 Å². The van der Waals surface area contributed by atoms with Crippen LogP contribution in [-0.2, 0) is 16.1 Å². The predicted octanol–water partition coefficient (Wildman–Crippen LogP) is 1.46. The highest BCUT2D eigenvalue weighted by Gasteiger charge is 2.41. The summed E-state index contributed by atoms with van der Waals surface area (Å²) in [7, 11) is 0. The van der Waals surface area contributed by atoms with Crippen LogP contribution in [0.25, 0.3) is 0 Å². The van der Waals surface area contributed by atoms with E-state index in [1.54, 1.807) is 12.1 Å². The van der Waals surface area contributed by atoms with Gasteiger partial charge in [0.15, 0.2) is 0 Å². The normalized spacial score (nSPS) is 30.6. The molecule has 132 valence electrons. The maximum absolute atomic E-state index is 13.0. The molecule has 4 atom stereocenters. The standard InChI is InChI=1S/C19H22N2O4/c22-17-7-3-6-16-13-8-12(10-21(16)17)9-20(11-13)18(23)14-4-1-2-5-15(14)19(24)25/h1-3,6-7,12-15H,4-5,8-11H2,(H,24,25)/t12-,13-,14+,15-/m1/s1. The van der Waals surface area contributed by atoms with Crippen molar-refractivity contribution in [3.63, 3.8) is 0 Å². The van der Waals surface area contributed by atoms with Crippen LogP contribution in [0, 0.1) is 17.8 Å². The minimum Gasteiger partial charge on any atom is -0.481 e. The molecule has 4 rings (SSSR count). The van der Waals surface area contributed by atoms with Crippen molar-refractivity contribution < 1.29 is 14.7 Å². The summed E-state index contributed by atoms with van der Waals surface area (Å²) in [6.07, 6.45) is 5.68. The van der Waals surface area contributed by atoms with E-state index in [2.05, 4.69) is 0 Å². The van der Waals surface area contributed by atoms with Crippen LogP contribution in [0.5, 0.6) is 0 Å². The number of amides is 1. The summed E-state index contributed by atoms with van der Waals surface area (Å²) in [5.74, 6) is -1.62. The summed E-state index contributed by atoms with van der Waals surface area (Å²) in [6.45, 7) is 1.83. The minimum absolute atomic E-state index is 0.0235. The zero-order chi connectivity index (χ0) is 17.6. The van der Waals surface area contributed by atoms with Crippen molar-refractivity contribution in [2.45, 2.75) is 31.7 Å². The van der Waals surface area contributed by atoms with E-state index in [1.165, 1.54) is 0 Å². The molecule has 6 nitrogen and oxygen atoms in total. The number of aliphatic carboxylic acids is 1. The second-order valence-electron chi connectivity index (χ2n) is 7.44. The molecule has 2 aliphatic heterocycles. The Morgan fingerprint density at radius 1 is 1.04 bits per heavy atom. The van der Waals surface area contributed by atoms with Gasteiger partial charge in [-0.15, -0.1) is 0 Å². The summed E-state index contributed by atoms with van der Waals surface area (Å²) >= 11 is 0. The smallest absolute Gasteiger partial charge is 0.307 e. The first kappa shape index (κ1) is 16.1. The zero-order valence-corrected chi connectivity index (χ0v) is 14.0. The fourth-order valence-corrected chi connectivity index (χ4v) is 4.67. The fourth-order valence-electron chi connectivity index (χ4n) is 4.67. The number of carboxylic acids is 1. The molecule has 0 saturated carbocycles. The van der Waals surface area contributed by atoms with Gasteiger partial charge >= 0.3 is 5.97 Å². The van der Waals surface area contributed by atoms with Crippen molar-refractivity contribution >= 4 is 11.9 Å². The molecule has 3 aliphatic rings. The second-order valence-corrected chi connectivity index (χ2v) is 7.44. The molecule has 0 radical (unpaired) electrons. The number of carboxylic acid groups (broad SMARTS) is 1. The van der Waals surface area contributed by atoms with Crippen molar-refractivity contribution in [2.24, 2.45) is 17.8 Å². The number of piperidine rings is 1. The van der Waals surface area contributed by atoms with Gasteiger partial charge in [-0.25, -0.2) is 0 Å². The Balaban J connectivity index is 1.58. The van der Waals surface area contributed by atoms with Crippen molar-refractivity contribution in [2.75, 3.05) is 13.1 Å². The van der Waals surface area contributed by atoms with Gasteiger partial charge in [-0.1, -0.05) is 18.2 Å². The lowest BCUT2D eigenvalue weighted by Gasteiger charge is -2.44. The third kappa shape index (κ3) is 2.79. The van der Waals surface area contributed by atoms with Gasteiger partial charge in [0.1, 0.15) is 0 Å². The van der Waals surface area contributed by atoms with E-state index in [9.17, 15) is 19.5 Å². The average molecular weight is 342 g/mol. The number of pyridine rings is 1. The molecule has 1 saturated heterocycles. The molecular formula is C19H22N2O4. The monoisotopic (exact) mass is 342 g/mol. The number of hydrogen-bond acceptors (Lipinski definition) is 3. The highest BCUT2D eigenvalue weighted by molar-refractivity contribution is 5.85. The lowest BCUT2D eigenvalue weighted by atomic mass is 9.79. The maximum atomic E-state index is 13.0. The summed E-state index contributed by atoms with van der Waals surface area (Å²) in [5, 5.41) is 9.44. The largest absolute Gasteiger partial charge is 0.481 e. The van der Waals surface area contributed by atoms with Crippen LogP contribution >= 0.6 is 0 Å². The van der Waals surface area contributed by atoms with Gasteiger partial charge in [0.05, 0.1) is 11.8 Å². The number of rotatable bonds is 2. The average Bonchev–Trinajstić information content (AvgIpc) is 2.62. The number of fused-ring (bicyclic) bond motifs is 4. The van der Waals surface area contributed by atoms with Crippen LogP contribution < -0.4 is 5.56 Å². The van der Waals surface area contributed by atoms with Crippen molar-refractivity contribution in [1.82, 2.24) is 9.47 Å². The van der Waals surface area contributed by atoms with Gasteiger partial charge < -0.3 is 14.6 Å². The summed E-state index contributed by atoms with van der Waals surface area (Å²) in [4.78, 5) is 38.5. The van der Waals surface area contributed by atoms with Crippen molar-refractivity contribution in [3.05, 3.63) is 46.4 Å². The highest BCUT2D eigenvalue weighted by atomic mass is 16.4. The number of aromatic nitrogens is 1. The van der Waals surface area contributed by atoms with Gasteiger partial charge in [0.2, 0.25) is 5.91 Å². The Morgan fingerprint density at radius 2 is 1.80 bits per heavy atom. The number of carbonyl (C=O) groups is 2. The van der Waals surface area contributed by atoms with E-state index in [0.29, 0.717) is 32.5 Å². The van der Waals surface area contributed by atoms with E-state index in [4.69, 9.17) is 0 Å². The lowest BCUT2D eigenvalue weighted by Crippen LogP contribution is -2.51. The second kappa shape index (κ2) is 6.17. The van der Waals surface area contributed by atoms with Crippen LogP contribution in [0.2, 0.25) is 0 Å². The molecule has 0 unspecified atom stereocenters. The zero-order valence-electron chi connectivity index (χ0n) is 14.0. The molecule has 1 N–H and O–H groups in total. The third-order valence-electron chi connectivity index (χ3n) is 5.86. The number of carbonyl (C=O) groups excluding carboxylic acids is 1. The first-order valence-electron chi connectivity index (χ1n) is 8.91. The van der Waals surface area contributed by atoms with Gasteiger partial charge in [0.25, 0.3) is 5.56 Å². The maximum Gasteiger partial charge on any atom is 0.307 e. The molecule has 3 heterocycles. The van der Waals surface area contributed by atoms with Crippen LogP contribution in [0.15, 0.2) is 35.1 Å². The molecule has 1 aromatic rings. The van der Waals surface area contributed by atoms with Crippen LogP contribution in [0.1, 0.15) is 30.9 Å². The van der Waals surface area contributed by atoms with E-state index < -0.39 is 17.8 Å². The number of likely N-dealkylation sites (tertiary alicyclic amines) is 1. The first-order chi connectivity index (χ1) is 12.0. The Morgan fingerprint density at radius 3 is 2.56 bits per heavy atom. The Labute approximate surface area is 145 Å². The molecular weight excluding hydrogens is 320 g/mol. The van der Waals surface area contributed by atoms with Crippen molar-refractivity contribution in [1.29, 1.82) is 0 Å². The predicted molar refractivity (Wildman–Crippen MR) is 91.1 cm³/mol. The minimum atomic E-state index is -0.892. The summed E-state index contributed by atoms with van der Waals surface area (Å²) in [6, 6.07) is 5.33. The summed E-state index contributed by atoms with van der Waals surface area (Å²) < 4.78 is 1.84. The van der Waals surface area contributed by atoms with Gasteiger partial charge in [-0.05, 0) is 31.2 Å². The van der Waals surface area contributed by atoms with Crippen LogP contribution in [0.4, 0.5) is 0 Å². The quantitative estimate of drug-likeness (QED) is 0.825. The Kier molecular flexibility index (Phi) is 3.98. The van der Waals surface area contributed by atoms with E-state index >= 15 is 0 Å². The topological polar surface area (TPSA) is 79.6 Å². The third-order valence-corrected chi connectivity index (χ3v) is 5.86. The van der Waals surface area contributed by atoms with Gasteiger partial charge in [0, 0.05) is 37.3 Å². The number of nitrogens with zero attached hydrogens (tertiary/aromatic N) is 2. The SMILES string of the molecule is O=C(O)[C@@H]1CC=CC[C@@H]1C(=O)N1C[C@H]2C[C@H](C1)c1cccc(=O)n1C2. The molecule has 1 fully saturated rings. The Bertz CT molecular complexity index is 797. The molecule has 0 spiro atoms. The van der Waals surface area contributed by atoms with E-state index in [1.807, 2.05) is 27.7 Å². The molecule has 1 aromatic heterocycles. The number of allylic oxidation sites excluding steroid dienone is 2. The lowest BCUT2D eigenvalue weighted by molar-refractivity contribution is -0.151. The molecule has 1 aliphatic carbocycles. The molecule has 25 heavy (non-hydrogen) atoms.